The van der Waals surface area contributed by atoms with Crippen molar-refractivity contribution in [1.82, 2.24) is 4.90 Å². The minimum absolute atomic E-state index is 0.0482. The first-order chi connectivity index (χ1) is 11.0. The Morgan fingerprint density at radius 1 is 1.30 bits per heavy atom. The van der Waals surface area contributed by atoms with Gasteiger partial charge in [-0.15, -0.1) is 0 Å². The van der Waals surface area contributed by atoms with Crippen molar-refractivity contribution in [3.8, 4) is 11.3 Å². The van der Waals surface area contributed by atoms with Crippen LogP contribution in [0.15, 0.2) is 45.7 Å². The lowest BCUT2D eigenvalue weighted by molar-refractivity contribution is -0.123. The van der Waals surface area contributed by atoms with Crippen LogP contribution in [0.1, 0.15) is 19.6 Å². The number of thioether (sulfide) groups is 1. The standard InChI is InChI=1S/C17H14ClNO2S2/c1-10(2)19-16(20)15(23-17(19)22)9-13-6-7-14(21-13)11-4-3-5-12(18)8-11/h3-10H,1-2H3/b15-9-. The van der Waals surface area contributed by atoms with E-state index in [0.29, 0.717) is 25.8 Å². The molecule has 2 aromatic rings. The number of furan rings is 1. The Labute approximate surface area is 149 Å². The minimum atomic E-state index is -0.0734. The largest absolute Gasteiger partial charge is 0.457 e. The number of halogens is 1. The molecule has 0 spiro atoms. The van der Waals surface area contributed by atoms with Crippen LogP contribution >= 0.6 is 35.6 Å². The van der Waals surface area contributed by atoms with Crippen molar-refractivity contribution in [1.29, 1.82) is 0 Å². The first-order valence-electron chi connectivity index (χ1n) is 7.08. The molecule has 2 heterocycles. The van der Waals surface area contributed by atoms with Gasteiger partial charge in [0.1, 0.15) is 15.8 Å². The lowest BCUT2D eigenvalue weighted by Crippen LogP contribution is -2.34. The number of hydrogen-bond donors (Lipinski definition) is 0. The first-order valence-corrected chi connectivity index (χ1v) is 8.69. The number of amides is 1. The van der Waals surface area contributed by atoms with Crippen molar-refractivity contribution in [2.75, 3.05) is 0 Å². The van der Waals surface area contributed by atoms with Crippen LogP contribution in [-0.4, -0.2) is 21.2 Å². The number of carbonyl (C=O) groups excluding carboxylic acids is 1. The van der Waals surface area contributed by atoms with Crippen LogP contribution in [0.3, 0.4) is 0 Å². The maximum atomic E-state index is 12.4. The minimum Gasteiger partial charge on any atom is -0.457 e. The predicted octanol–water partition coefficient (Wildman–Crippen LogP) is 5.21. The lowest BCUT2D eigenvalue weighted by Gasteiger charge is -2.18. The van der Waals surface area contributed by atoms with E-state index in [-0.39, 0.29) is 11.9 Å². The van der Waals surface area contributed by atoms with E-state index in [2.05, 4.69) is 0 Å². The Balaban J connectivity index is 1.87. The molecule has 0 saturated carbocycles. The highest BCUT2D eigenvalue weighted by Crippen LogP contribution is 2.34. The molecule has 1 amide bonds. The fourth-order valence-electron chi connectivity index (χ4n) is 2.28. The Morgan fingerprint density at radius 2 is 2.09 bits per heavy atom. The van der Waals surface area contributed by atoms with Crippen molar-refractivity contribution in [3.05, 3.63) is 52.1 Å². The molecule has 1 aliphatic heterocycles. The van der Waals surface area contributed by atoms with Gasteiger partial charge >= 0.3 is 0 Å². The van der Waals surface area contributed by atoms with E-state index < -0.39 is 0 Å². The summed E-state index contributed by atoms with van der Waals surface area (Å²) in [7, 11) is 0. The monoisotopic (exact) mass is 363 g/mol. The highest BCUT2D eigenvalue weighted by Gasteiger charge is 2.33. The molecular formula is C17H14ClNO2S2. The summed E-state index contributed by atoms with van der Waals surface area (Å²) in [5.74, 6) is 1.25. The maximum absolute atomic E-state index is 12.4. The van der Waals surface area contributed by atoms with Gasteiger partial charge in [0.2, 0.25) is 0 Å². The average molecular weight is 364 g/mol. The zero-order chi connectivity index (χ0) is 16.6. The number of nitrogens with zero attached hydrogens (tertiary/aromatic N) is 1. The molecule has 3 rings (SSSR count). The van der Waals surface area contributed by atoms with Crippen molar-refractivity contribution in [3.63, 3.8) is 0 Å². The van der Waals surface area contributed by atoms with Crippen LogP contribution in [-0.2, 0) is 4.79 Å². The molecule has 23 heavy (non-hydrogen) atoms. The third kappa shape index (κ3) is 3.37. The van der Waals surface area contributed by atoms with Gasteiger partial charge in [-0.25, -0.2) is 0 Å². The van der Waals surface area contributed by atoms with Gasteiger partial charge in [-0.2, -0.15) is 0 Å². The fourth-order valence-corrected chi connectivity index (χ4v) is 3.98. The zero-order valence-electron chi connectivity index (χ0n) is 12.6. The molecule has 0 atom stereocenters. The van der Waals surface area contributed by atoms with E-state index in [4.69, 9.17) is 28.2 Å². The molecule has 1 aliphatic rings. The lowest BCUT2D eigenvalue weighted by atomic mass is 10.2. The van der Waals surface area contributed by atoms with Crippen molar-refractivity contribution in [2.45, 2.75) is 19.9 Å². The van der Waals surface area contributed by atoms with E-state index in [1.807, 2.05) is 50.2 Å². The van der Waals surface area contributed by atoms with Gasteiger partial charge in [0.25, 0.3) is 5.91 Å². The predicted molar refractivity (Wildman–Crippen MR) is 99.3 cm³/mol. The normalized spacial score (nSPS) is 16.9. The summed E-state index contributed by atoms with van der Waals surface area (Å²) in [6.45, 7) is 3.88. The van der Waals surface area contributed by atoms with E-state index in [1.165, 1.54) is 11.8 Å². The van der Waals surface area contributed by atoms with Crippen LogP contribution in [0.25, 0.3) is 17.4 Å². The van der Waals surface area contributed by atoms with Crippen molar-refractivity contribution < 1.29 is 9.21 Å². The van der Waals surface area contributed by atoms with Gasteiger partial charge in [-0.3, -0.25) is 9.69 Å². The molecule has 0 unspecified atom stereocenters. The van der Waals surface area contributed by atoms with Crippen LogP contribution in [0.5, 0.6) is 0 Å². The number of thiocarbonyl (C=S) groups is 1. The molecule has 3 nitrogen and oxygen atoms in total. The van der Waals surface area contributed by atoms with Crippen LogP contribution in [0.4, 0.5) is 0 Å². The SMILES string of the molecule is CC(C)N1C(=O)/C(=C/c2ccc(-c3cccc(Cl)c3)o2)SC1=S. The van der Waals surface area contributed by atoms with Gasteiger partial charge < -0.3 is 4.42 Å². The first kappa shape index (κ1) is 16.3. The fraction of sp³-hybridized carbons (Fsp3) is 0.176. The molecule has 118 valence electrons. The highest BCUT2D eigenvalue weighted by atomic mass is 35.5. The summed E-state index contributed by atoms with van der Waals surface area (Å²) in [4.78, 5) is 14.6. The van der Waals surface area contributed by atoms with Crippen LogP contribution < -0.4 is 0 Å². The molecular weight excluding hydrogens is 350 g/mol. The maximum Gasteiger partial charge on any atom is 0.266 e. The molecule has 1 saturated heterocycles. The summed E-state index contributed by atoms with van der Waals surface area (Å²) in [6.07, 6.45) is 1.73. The average Bonchev–Trinajstić information content (AvgIpc) is 3.05. The Kier molecular flexibility index (Phi) is 4.62. The summed E-state index contributed by atoms with van der Waals surface area (Å²) < 4.78 is 6.38. The van der Waals surface area contributed by atoms with Crippen molar-refractivity contribution in [2.24, 2.45) is 0 Å². The van der Waals surface area contributed by atoms with Crippen LogP contribution in [0, 0.1) is 0 Å². The molecule has 1 fully saturated rings. The molecule has 0 aliphatic carbocycles. The molecule has 1 aromatic heterocycles. The number of carbonyl (C=O) groups is 1. The van der Waals surface area contributed by atoms with Gasteiger partial charge in [0.05, 0.1) is 4.91 Å². The van der Waals surface area contributed by atoms with Gasteiger partial charge in [-0.05, 0) is 38.1 Å². The van der Waals surface area contributed by atoms with Crippen LogP contribution in [0.2, 0.25) is 5.02 Å². The third-order valence-electron chi connectivity index (χ3n) is 3.35. The van der Waals surface area contributed by atoms with Gasteiger partial charge in [0, 0.05) is 22.7 Å². The molecule has 6 heteroatoms. The van der Waals surface area contributed by atoms with E-state index in [1.54, 1.807) is 11.0 Å². The zero-order valence-corrected chi connectivity index (χ0v) is 15.0. The second-order valence-corrected chi connectivity index (χ2v) is 7.47. The number of hydrogen-bond acceptors (Lipinski definition) is 4. The summed E-state index contributed by atoms with van der Waals surface area (Å²) in [5.41, 5.74) is 0.895. The van der Waals surface area contributed by atoms with Gasteiger partial charge in [0.15, 0.2) is 0 Å². The summed E-state index contributed by atoms with van der Waals surface area (Å²) in [5, 5.41) is 0.651. The van der Waals surface area contributed by atoms with E-state index >= 15 is 0 Å². The molecule has 1 aromatic carbocycles. The summed E-state index contributed by atoms with van der Waals surface area (Å²) >= 11 is 12.6. The van der Waals surface area contributed by atoms with E-state index in [0.717, 1.165) is 5.56 Å². The Hall–Kier alpha value is -1.56. The Morgan fingerprint density at radius 3 is 2.74 bits per heavy atom. The second kappa shape index (κ2) is 6.51. The quantitative estimate of drug-likeness (QED) is 0.553. The second-order valence-electron chi connectivity index (χ2n) is 5.36. The number of rotatable bonds is 3. The highest BCUT2D eigenvalue weighted by molar-refractivity contribution is 8.26. The molecule has 0 N–H and O–H groups in total. The number of benzene rings is 1. The Bertz CT molecular complexity index is 810. The van der Waals surface area contributed by atoms with Crippen molar-refractivity contribution >= 4 is 51.9 Å². The van der Waals surface area contributed by atoms with E-state index in [9.17, 15) is 4.79 Å². The summed E-state index contributed by atoms with van der Waals surface area (Å²) in [6, 6.07) is 11.2. The molecule has 0 radical (unpaired) electrons. The smallest absolute Gasteiger partial charge is 0.266 e. The topological polar surface area (TPSA) is 33.5 Å². The third-order valence-corrected chi connectivity index (χ3v) is 4.91. The van der Waals surface area contributed by atoms with Gasteiger partial charge in [-0.1, -0.05) is 47.7 Å². The molecule has 0 bridgehead atoms.